The number of carbonyl (C=O) groups excluding carboxylic acids is 2. The molecule has 9 heteroatoms. The summed E-state index contributed by atoms with van der Waals surface area (Å²) >= 11 is 1.53. The van der Waals surface area contributed by atoms with Gasteiger partial charge in [-0.2, -0.15) is 0 Å². The topological polar surface area (TPSA) is 105 Å². The lowest BCUT2D eigenvalue weighted by molar-refractivity contribution is -0.137. The summed E-state index contributed by atoms with van der Waals surface area (Å²) in [6.45, 7) is 2.89. The summed E-state index contributed by atoms with van der Waals surface area (Å²) in [5.41, 5.74) is 2.09. The molecule has 1 aliphatic heterocycles. The third-order valence-electron chi connectivity index (χ3n) is 5.29. The Kier molecular flexibility index (Phi) is 6.77. The van der Waals surface area contributed by atoms with E-state index in [1.807, 2.05) is 30.3 Å². The monoisotopic (exact) mass is 452 g/mol. The Balaban J connectivity index is 1.57. The van der Waals surface area contributed by atoms with Crippen LogP contribution in [-0.2, 0) is 27.3 Å². The number of benzene rings is 1. The molecule has 0 saturated heterocycles. The zero-order valence-electron chi connectivity index (χ0n) is 17.7. The highest BCUT2D eigenvalue weighted by Crippen LogP contribution is 2.38. The largest absolute Gasteiger partial charge is 0.463 e. The summed E-state index contributed by atoms with van der Waals surface area (Å²) in [6, 6.07) is 9.43. The number of hydrogen-bond acceptors (Lipinski definition) is 8. The van der Waals surface area contributed by atoms with Crippen LogP contribution in [-0.4, -0.2) is 51.6 Å². The lowest BCUT2D eigenvalue weighted by atomic mass is 10.0. The van der Waals surface area contributed by atoms with Crippen molar-refractivity contribution in [2.75, 3.05) is 25.1 Å². The predicted octanol–water partition coefficient (Wildman–Crippen LogP) is 2.84. The molecular weight excluding hydrogens is 428 g/mol. The quantitative estimate of drug-likeness (QED) is 0.420. The number of aromatic nitrogens is 2. The Morgan fingerprint density at radius 3 is 2.84 bits per heavy atom. The fourth-order valence-electron chi connectivity index (χ4n) is 3.75. The number of thiophene rings is 1. The minimum absolute atomic E-state index is 0.0725. The number of rotatable bonds is 7. The van der Waals surface area contributed by atoms with Crippen LogP contribution >= 0.6 is 11.3 Å². The molecule has 3 heterocycles. The molecular formula is C23H24N4O4S. The van der Waals surface area contributed by atoms with E-state index in [2.05, 4.69) is 15.3 Å². The minimum atomic E-state index is -0.525. The molecule has 2 aromatic heterocycles. The zero-order chi connectivity index (χ0) is 22.5. The number of ether oxygens (including phenoxy) is 1. The van der Waals surface area contributed by atoms with Gasteiger partial charge in [0.25, 0.3) is 0 Å². The van der Waals surface area contributed by atoms with Crippen LogP contribution < -0.4 is 5.32 Å². The molecule has 8 nitrogen and oxygen atoms in total. The van der Waals surface area contributed by atoms with Crippen molar-refractivity contribution in [1.82, 2.24) is 14.9 Å². The molecule has 3 aromatic rings. The van der Waals surface area contributed by atoms with E-state index in [-0.39, 0.29) is 25.2 Å². The van der Waals surface area contributed by atoms with Crippen LogP contribution in [0.1, 0.15) is 29.0 Å². The van der Waals surface area contributed by atoms with Crippen molar-refractivity contribution >= 4 is 39.2 Å². The molecule has 0 saturated carbocycles. The van der Waals surface area contributed by atoms with Crippen LogP contribution in [0, 0.1) is 0 Å². The van der Waals surface area contributed by atoms with Gasteiger partial charge in [0.1, 0.15) is 17.0 Å². The van der Waals surface area contributed by atoms with Crippen molar-refractivity contribution in [2.45, 2.75) is 25.9 Å². The van der Waals surface area contributed by atoms with E-state index in [1.54, 1.807) is 11.8 Å². The maximum absolute atomic E-state index is 12.5. The van der Waals surface area contributed by atoms with Gasteiger partial charge >= 0.3 is 5.97 Å². The fourth-order valence-corrected chi connectivity index (χ4v) is 4.95. The van der Waals surface area contributed by atoms with Gasteiger partial charge in [0.05, 0.1) is 31.2 Å². The SMILES string of the molecule is CCOC(=O)C=CC(=O)N1CCc2c(sc3ncnc(NC(CO)c4ccccc4)c23)C1. The number of amides is 1. The summed E-state index contributed by atoms with van der Waals surface area (Å²) in [7, 11) is 0. The molecule has 32 heavy (non-hydrogen) atoms. The number of nitrogens with one attached hydrogen (secondary N) is 1. The summed E-state index contributed by atoms with van der Waals surface area (Å²) in [6.07, 6.45) is 4.59. The van der Waals surface area contributed by atoms with E-state index in [0.717, 1.165) is 26.2 Å². The fraction of sp³-hybridized carbons (Fsp3) is 0.304. The first-order valence-electron chi connectivity index (χ1n) is 10.4. The number of hydrogen-bond donors (Lipinski definition) is 2. The molecule has 0 spiro atoms. The third-order valence-corrected chi connectivity index (χ3v) is 6.42. The maximum atomic E-state index is 12.5. The molecule has 1 atom stereocenters. The molecule has 1 aromatic carbocycles. The maximum Gasteiger partial charge on any atom is 0.330 e. The van der Waals surface area contributed by atoms with Crippen LogP contribution in [0.2, 0.25) is 0 Å². The summed E-state index contributed by atoms with van der Waals surface area (Å²) in [5, 5.41) is 14.2. The van der Waals surface area contributed by atoms with Crippen LogP contribution in [0.5, 0.6) is 0 Å². The molecule has 1 amide bonds. The van der Waals surface area contributed by atoms with Crippen LogP contribution in [0.3, 0.4) is 0 Å². The van der Waals surface area contributed by atoms with Crippen LogP contribution in [0.15, 0.2) is 48.8 Å². The standard InChI is InChI=1S/C23H24N4O4S/c1-2-31-20(30)9-8-19(29)27-11-10-16-18(12-27)32-23-21(16)22(24-14-25-23)26-17(13-28)15-6-4-3-5-7-15/h3-9,14,17,28H,2,10-13H2,1H3,(H,24,25,26). The third kappa shape index (κ3) is 4.63. The van der Waals surface area contributed by atoms with E-state index in [0.29, 0.717) is 25.3 Å². The van der Waals surface area contributed by atoms with Crippen LogP contribution in [0.25, 0.3) is 10.2 Å². The van der Waals surface area contributed by atoms with Gasteiger partial charge in [-0.25, -0.2) is 14.8 Å². The van der Waals surface area contributed by atoms with E-state index in [1.165, 1.54) is 29.8 Å². The lowest BCUT2D eigenvalue weighted by Crippen LogP contribution is -2.34. The van der Waals surface area contributed by atoms with Gasteiger partial charge in [0, 0.05) is 23.6 Å². The second-order valence-corrected chi connectivity index (χ2v) is 8.38. The second-order valence-electron chi connectivity index (χ2n) is 7.29. The number of esters is 1. The van der Waals surface area contributed by atoms with Crippen molar-refractivity contribution in [3.63, 3.8) is 0 Å². The van der Waals surface area contributed by atoms with Gasteiger partial charge in [-0.05, 0) is 24.5 Å². The summed E-state index contributed by atoms with van der Waals surface area (Å²) < 4.78 is 4.83. The van der Waals surface area contributed by atoms with Gasteiger partial charge in [0.15, 0.2) is 0 Å². The van der Waals surface area contributed by atoms with Crippen molar-refractivity contribution < 1.29 is 19.4 Å². The van der Waals surface area contributed by atoms with Crippen molar-refractivity contribution in [3.8, 4) is 0 Å². The van der Waals surface area contributed by atoms with E-state index < -0.39 is 5.97 Å². The van der Waals surface area contributed by atoms with Gasteiger partial charge in [-0.1, -0.05) is 30.3 Å². The Hall–Kier alpha value is -3.30. The highest BCUT2D eigenvalue weighted by Gasteiger charge is 2.26. The van der Waals surface area contributed by atoms with Crippen LogP contribution in [0.4, 0.5) is 5.82 Å². The lowest BCUT2D eigenvalue weighted by Gasteiger charge is -2.26. The molecule has 0 aliphatic carbocycles. The Morgan fingerprint density at radius 2 is 2.09 bits per heavy atom. The number of aliphatic hydroxyl groups is 1. The first-order chi connectivity index (χ1) is 15.6. The number of anilines is 1. The number of aliphatic hydroxyl groups excluding tert-OH is 1. The first kappa shape index (κ1) is 21.9. The van der Waals surface area contributed by atoms with Crippen molar-refractivity contribution in [2.24, 2.45) is 0 Å². The van der Waals surface area contributed by atoms with E-state index >= 15 is 0 Å². The predicted molar refractivity (Wildman–Crippen MR) is 122 cm³/mol. The van der Waals surface area contributed by atoms with Crippen molar-refractivity contribution in [1.29, 1.82) is 0 Å². The molecule has 0 bridgehead atoms. The number of carbonyl (C=O) groups is 2. The zero-order valence-corrected chi connectivity index (χ0v) is 18.5. The molecule has 166 valence electrons. The highest BCUT2D eigenvalue weighted by atomic mass is 32.1. The van der Waals surface area contributed by atoms with Gasteiger partial charge in [-0.3, -0.25) is 4.79 Å². The average Bonchev–Trinajstić information content (AvgIpc) is 3.20. The Morgan fingerprint density at radius 1 is 1.28 bits per heavy atom. The summed E-state index contributed by atoms with van der Waals surface area (Å²) in [4.78, 5) is 36.5. The minimum Gasteiger partial charge on any atom is -0.463 e. The highest BCUT2D eigenvalue weighted by molar-refractivity contribution is 7.19. The first-order valence-corrected chi connectivity index (χ1v) is 11.2. The van der Waals surface area contributed by atoms with Crippen molar-refractivity contribution in [3.05, 3.63) is 64.8 Å². The molecule has 1 aliphatic rings. The Labute approximate surface area is 189 Å². The second kappa shape index (κ2) is 9.88. The molecule has 4 rings (SSSR count). The number of fused-ring (bicyclic) bond motifs is 3. The van der Waals surface area contributed by atoms with Gasteiger partial charge < -0.3 is 20.1 Å². The smallest absolute Gasteiger partial charge is 0.330 e. The molecule has 2 N–H and O–H groups in total. The Bertz CT molecular complexity index is 1150. The van der Waals surface area contributed by atoms with E-state index in [4.69, 9.17) is 4.74 Å². The van der Waals surface area contributed by atoms with Gasteiger partial charge in [0.2, 0.25) is 5.91 Å². The number of nitrogens with zero attached hydrogens (tertiary/aromatic N) is 3. The average molecular weight is 453 g/mol. The van der Waals surface area contributed by atoms with E-state index in [9.17, 15) is 14.7 Å². The molecule has 0 radical (unpaired) electrons. The van der Waals surface area contributed by atoms with Gasteiger partial charge in [-0.15, -0.1) is 11.3 Å². The molecule has 1 unspecified atom stereocenters. The summed E-state index contributed by atoms with van der Waals surface area (Å²) in [5.74, 6) is -0.0735. The normalized spacial score (nSPS) is 14.4. The molecule has 0 fully saturated rings.